The molecular weight excluding hydrogens is 410 g/mol. The second kappa shape index (κ2) is 14.4. The fourth-order valence-corrected chi connectivity index (χ4v) is 3.14. The highest BCUT2D eigenvalue weighted by Gasteiger charge is 2.08. The molecule has 31 heavy (non-hydrogen) atoms. The maximum Gasteiger partial charge on any atom is 0.347 e. The van der Waals surface area contributed by atoms with Gasteiger partial charge >= 0.3 is 5.97 Å². The van der Waals surface area contributed by atoms with E-state index in [0.29, 0.717) is 13.0 Å². The van der Waals surface area contributed by atoms with Gasteiger partial charge in [0.25, 0.3) is 0 Å². The molecule has 0 fully saturated rings. The number of esters is 1. The van der Waals surface area contributed by atoms with Crippen LogP contribution in [0.5, 0.6) is 0 Å². The summed E-state index contributed by atoms with van der Waals surface area (Å²) in [6, 6.07) is 15.8. The Hall–Kier alpha value is -2.57. The zero-order valence-corrected chi connectivity index (χ0v) is 19.2. The summed E-state index contributed by atoms with van der Waals surface area (Å²) in [7, 11) is 0. The van der Waals surface area contributed by atoms with Crippen molar-refractivity contribution in [2.75, 3.05) is 26.1 Å². The first kappa shape index (κ1) is 24.7. The monoisotopic (exact) mass is 441 g/mol. The van der Waals surface area contributed by atoms with E-state index in [1.807, 2.05) is 42.7 Å². The normalized spacial score (nSPS) is 11.2. The average Bonchev–Trinajstić information content (AvgIpc) is 2.82. The highest BCUT2D eigenvalue weighted by atomic mass is 32.2. The van der Waals surface area contributed by atoms with Gasteiger partial charge in [-0.25, -0.2) is 4.79 Å². The molecule has 0 radical (unpaired) electrons. The number of hydrogen-bond donors (Lipinski definition) is 0. The Morgan fingerprint density at radius 2 is 1.84 bits per heavy atom. The number of carbonyl (C=O) groups excluding carboxylic acids is 1. The number of thioether (sulfide) groups is 1. The van der Waals surface area contributed by atoms with Gasteiger partial charge in [-0.15, -0.1) is 11.8 Å². The van der Waals surface area contributed by atoms with Gasteiger partial charge in [-0.05, 0) is 54.3 Å². The first-order valence-corrected chi connectivity index (χ1v) is 11.7. The van der Waals surface area contributed by atoms with E-state index in [-0.39, 0.29) is 13.2 Å². The Labute approximate surface area is 189 Å². The minimum absolute atomic E-state index is 0.196. The number of oxime groups is 1. The minimum atomic E-state index is -0.458. The SMILES string of the molecule is C=Cc1ccc(COC(=O)CO/N=C(\CCCOCCC)c2ccc(SC)cc2)cc1. The summed E-state index contributed by atoms with van der Waals surface area (Å²) in [6.45, 7) is 7.20. The second-order valence-electron chi connectivity index (χ2n) is 6.86. The van der Waals surface area contributed by atoms with E-state index in [1.165, 1.54) is 4.90 Å². The molecule has 0 heterocycles. The molecule has 0 aliphatic rings. The third-order valence-corrected chi connectivity index (χ3v) is 5.19. The molecule has 6 heteroatoms. The zero-order valence-electron chi connectivity index (χ0n) is 18.3. The summed E-state index contributed by atoms with van der Waals surface area (Å²) in [6.07, 6.45) is 6.34. The third kappa shape index (κ3) is 9.40. The molecule has 2 rings (SSSR count). The second-order valence-corrected chi connectivity index (χ2v) is 7.74. The van der Waals surface area contributed by atoms with Crippen molar-refractivity contribution in [1.29, 1.82) is 0 Å². The molecular formula is C25H31NO4S. The van der Waals surface area contributed by atoms with Gasteiger partial charge < -0.3 is 14.3 Å². The first-order valence-electron chi connectivity index (χ1n) is 10.4. The van der Waals surface area contributed by atoms with Gasteiger partial charge in [0.1, 0.15) is 6.61 Å². The van der Waals surface area contributed by atoms with E-state index in [9.17, 15) is 4.79 Å². The van der Waals surface area contributed by atoms with E-state index >= 15 is 0 Å². The molecule has 2 aromatic rings. The Bertz CT molecular complexity index is 832. The summed E-state index contributed by atoms with van der Waals surface area (Å²) in [5.41, 5.74) is 3.69. The largest absolute Gasteiger partial charge is 0.458 e. The number of carbonyl (C=O) groups is 1. The number of benzene rings is 2. The maximum absolute atomic E-state index is 12.0. The van der Waals surface area contributed by atoms with Gasteiger partial charge in [0.15, 0.2) is 0 Å². The van der Waals surface area contributed by atoms with Gasteiger partial charge in [-0.2, -0.15) is 0 Å². The molecule has 0 atom stereocenters. The van der Waals surface area contributed by atoms with Crippen molar-refractivity contribution in [3.8, 4) is 0 Å². The lowest BCUT2D eigenvalue weighted by Gasteiger charge is -2.09. The van der Waals surface area contributed by atoms with Crippen LogP contribution in [0, 0.1) is 0 Å². The van der Waals surface area contributed by atoms with Gasteiger partial charge in [-0.3, -0.25) is 0 Å². The predicted molar refractivity (Wildman–Crippen MR) is 127 cm³/mol. The molecule has 0 saturated carbocycles. The maximum atomic E-state index is 12.0. The van der Waals surface area contributed by atoms with Crippen molar-refractivity contribution in [3.05, 3.63) is 71.8 Å². The topological polar surface area (TPSA) is 57.1 Å². The first-order chi connectivity index (χ1) is 15.2. The Balaban J connectivity index is 1.87. The van der Waals surface area contributed by atoms with Gasteiger partial charge in [0.05, 0.1) is 5.71 Å². The van der Waals surface area contributed by atoms with Crippen molar-refractivity contribution >= 4 is 29.5 Å². The van der Waals surface area contributed by atoms with Crippen molar-refractivity contribution < 1.29 is 19.1 Å². The van der Waals surface area contributed by atoms with Crippen LogP contribution < -0.4 is 0 Å². The standard InChI is InChI=1S/C25H31NO4S/c1-4-16-28-17-6-7-24(22-12-14-23(31-3)15-13-22)26-30-19-25(27)29-18-21-10-8-20(5-2)9-11-21/h5,8-15H,2,4,6-7,16-19H2,1,3H3/b26-24+. The highest BCUT2D eigenvalue weighted by Crippen LogP contribution is 2.17. The van der Waals surface area contributed by atoms with E-state index in [2.05, 4.69) is 30.8 Å². The summed E-state index contributed by atoms with van der Waals surface area (Å²) >= 11 is 1.69. The van der Waals surface area contributed by atoms with Crippen LogP contribution in [0.1, 0.15) is 42.9 Å². The number of ether oxygens (including phenoxy) is 2. The fourth-order valence-electron chi connectivity index (χ4n) is 2.73. The molecule has 5 nitrogen and oxygen atoms in total. The van der Waals surface area contributed by atoms with Crippen molar-refractivity contribution in [3.63, 3.8) is 0 Å². The van der Waals surface area contributed by atoms with Crippen molar-refractivity contribution in [2.45, 2.75) is 37.7 Å². The molecule has 0 aliphatic carbocycles. The fraction of sp³-hybridized carbons (Fsp3) is 0.360. The molecule has 0 unspecified atom stereocenters. The average molecular weight is 442 g/mol. The lowest BCUT2D eigenvalue weighted by molar-refractivity contribution is -0.150. The van der Waals surface area contributed by atoms with Crippen LogP contribution in [0.15, 0.2) is 65.2 Å². The Morgan fingerprint density at radius 1 is 1.10 bits per heavy atom. The van der Waals surface area contributed by atoms with Gasteiger partial charge in [0, 0.05) is 18.1 Å². The molecule has 0 N–H and O–H groups in total. The summed E-state index contributed by atoms with van der Waals surface area (Å²) in [5, 5.41) is 4.23. The summed E-state index contributed by atoms with van der Waals surface area (Å²) in [4.78, 5) is 18.5. The van der Waals surface area contributed by atoms with Crippen LogP contribution >= 0.6 is 11.8 Å². The van der Waals surface area contributed by atoms with E-state index in [1.54, 1.807) is 17.8 Å². The van der Waals surface area contributed by atoms with Crippen LogP contribution in [0.25, 0.3) is 6.08 Å². The summed E-state index contributed by atoms with van der Waals surface area (Å²) in [5.74, 6) is -0.458. The molecule has 0 saturated heterocycles. The van der Waals surface area contributed by atoms with E-state index < -0.39 is 5.97 Å². The Morgan fingerprint density at radius 3 is 2.48 bits per heavy atom. The molecule has 166 valence electrons. The smallest absolute Gasteiger partial charge is 0.347 e. The zero-order chi connectivity index (χ0) is 22.3. The van der Waals surface area contributed by atoms with Crippen LogP contribution in [0.2, 0.25) is 0 Å². The van der Waals surface area contributed by atoms with E-state index in [0.717, 1.165) is 41.9 Å². The molecule has 0 bridgehead atoms. The number of nitrogens with zero attached hydrogens (tertiary/aromatic N) is 1. The van der Waals surface area contributed by atoms with Gasteiger partial charge in [-0.1, -0.05) is 61.1 Å². The quantitative estimate of drug-likeness (QED) is 0.123. The Kier molecular flexibility index (Phi) is 11.5. The molecule has 2 aromatic carbocycles. The van der Waals surface area contributed by atoms with Crippen molar-refractivity contribution in [2.24, 2.45) is 5.16 Å². The van der Waals surface area contributed by atoms with Crippen LogP contribution in [0.3, 0.4) is 0 Å². The lowest BCUT2D eigenvalue weighted by atomic mass is 10.1. The number of rotatable bonds is 14. The minimum Gasteiger partial charge on any atom is -0.458 e. The lowest BCUT2D eigenvalue weighted by Crippen LogP contribution is -2.12. The molecule has 0 spiro atoms. The molecule has 0 aliphatic heterocycles. The van der Waals surface area contributed by atoms with Crippen molar-refractivity contribution in [1.82, 2.24) is 0 Å². The van der Waals surface area contributed by atoms with Gasteiger partial charge in [0.2, 0.25) is 6.61 Å². The number of hydrogen-bond acceptors (Lipinski definition) is 6. The predicted octanol–water partition coefficient (Wildman–Crippen LogP) is 5.72. The van der Waals surface area contributed by atoms with E-state index in [4.69, 9.17) is 14.3 Å². The highest BCUT2D eigenvalue weighted by molar-refractivity contribution is 7.98. The van der Waals surface area contributed by atoms with Crippen LogP contribution in [-0.2, 0) is 25.7 Å². The van der Waals surface area contributed by atoms with Crippen LogP contribution in [-0.4, -0.2) is 37.8 Å². The molecule has 0 amide bonds. The summed E-state index contributed by atoms with van der Waals surface area (Å²) < 4.78 is 10.8. The third-order valence-electron chi connectivity index (χ3n) is 4.45. The van der Waals surface area contributed by atoms with Crippen LogP contribution in [0.4, 0.5) is 0 Å². The molecule has 0 aromatic heterocycles.